The number of benzene rings is 1. The molecule has 106 valence electrons. The zero-order valence-electron chi connectivity index (χ0n) is 10.0. The van der Waals surface area contributed by atoms with Crippen LogP contribution in [0.5, 0.6) is 0 Å². The monoisotopic (exact) mass is 324 g/mol. The van der Waals surface area contributed by atoms with Gasteiger partial charge in [-0.05, 0) is 24.5 Å². The van der Waals surface area contributed by atoms with Gasteiger partial charge in [0.2, 0.25) is 10.0 Å². The Kier molecular flexibility index (Phi) is 4.58. The van der Waals surface area contributed by atoms with E-state index in [0.717, 1.165) is 6.42 Å². The second kappa shape index (κ2) is 5.85. The standard InChI is InChI=1S/C11H14Cl2N2O3S/c12-9-3-8(4-10(13)11(9)14)19(16,17)15-5-7-1-2-18-6-7/h3-4,7,15H,1-2,5-6,14H2. The smallest absolute Gasteiger partial charge is 0.240 e. The van der Waals surface area contributed by atoms with E-state index in [9.17, 15) is 8.42 Å². The van der Waals surface area contributed by atoms with Crippen LogP contribution in [0.2, 0.25) is 10.0 Å². The van der Waals surface area contributed by atoms with Crippen molar-refractivity contribution in [3.8, 4) is 0 Å². The van der Waals surface area contributed by atoms with Crippen molar-refractivity contribution >= 4 is 38.9 Å². The average molecular weight is 325 g/mol. The first-order valence-corrected chi connectivity index (χ1v) is 7.96. The highest BCUT2D eigenvalue weighted by Crippen LogP contribution is 2.30. The highest BCUT2D eigenvalue weighted by molar-refractivity contribution is 7.89. The Balaban J connectivity index is 2.14. The SMILES string of the molecule is Nc1c(Cl)cc(S(=O)(=O)NCC2CCOC2)cc1Cl. The molecule has 1 aromatic rings. The van der Waals surface area contributed by atoms with Gasteiger partial charge in [0.15, 0.2) is 0 Å². The molecule has 0 amide bonds. The zero-order chi connectivity index (χ0) is 14.0. The molecule has 2 rings (SSSR count). The number of hydrogen-bond acceptors (Lipinski definition) is 4. The molecular weight excluding hydrogens is 311 g/mol. The minimum atomic E-state index is -3.64. The van der Waals surface area contributed by atoms with Crippen LogP contribution in [0.3, 0.4) is 0 Å². The third-order valence-electron chi connectivity index (χ3n) is 2.95. The summed E-state index contributed by atoms with van der Waals surface area (Å²) in [6.07, 6.45) is 0.853. The van der Waals surface area contributed by atoms with Crippen LogP contribution >= 0.6 is 23.2 Å². The first-order valence-electron chi connectivity index (χ1n) is 5.72. The molecule has 1 aromatic carbocycles. The van der Waals surface area contributed by atoms with Crippen LogP contribution in [-0.4, -0.2) is 28.2 Å². The summed E-state index contributed by atoms with van der Waals surface area (Å²) in [6.45, 7) is 1.58. The van der Waals surface area contributed by atoms with E-state index in [2.05, 4.69) is 4.72 Å². The van der Waals surface area contributed by atoms with Crippen LogP contribution in [0, 0.1) is 5.92 Å². The van der Waals surface area contributed by atoms with Gasteiger partial charge in [0, 0.05) is 13.2 Å². The Labute approximate surface area is 122 Å². The number of anilines is 1. The van der Waals surface area contributed by atoms with Gasteiger partial charge in [-0.3, -0.25) is 0 Å². The summed E-state index contributed by atoms with van der Waals surface area (Å²) >= 11 is 11.7. The number of sulfonamides is 1. The molecule has 0 radical (unpaired) electrons. The Morgan fingerprint density at radius 3 is 2.53 bits per heavy atom. The van der Waals surface area contributed by atoms with Gasteiger partial charge in [0.25, 0.3) is 0 Å². The number of ether oxygens (including phenoxy) is 1. The van der Waals surface area contributed by atoms with Gasteiger partial charge in [-0.15, -0.1) is 0 Å². The minimum absolute atomic E-state index is 0.00983. The molecule has 3 N–H and O–H groups in total. The first kappa shape index (κ1) is 14.9. The number of rotatable bonds is 4. The number of halogens is 2. The van der Waals surface area contributed by atoms with E-state index in [-0.39, 0.29) is 26.5 Å². The maximum Gasteiger partial charge on any atom is 0.240 e. The van der Waals surface area contributed by atoms with Gasteiger partial charge in [-0.1, -0.05) is 23.2 Å². The highest BCUT2D eigenvalue weighted by Gasteiger charge is 2.21. The predicted molar refractivity (Wildman–Crippen MR) is 75.0 cm³/mol. The van der Waals surface area contributed by atoms with Crippen molar-refractivity contribution in [2.45, 2.75) is 11.3 Å². The average Bonchev–Trinajstić information content (AvgIpc) is 2.86. The van der Waals surface area contributed by atoms with Crippen LogP contribution in [0.15, 0.2) is 17.0 Å². The van der Waals surface area contributed by atoms with Crippen molar-refractivity contribution in [2.24, 2.45) is 5.92 Å². The van der Waals surface area contributed by atoms with E-state index >= 15 is 0 Å². The normalized spacial score (nSPS) is 19.8. The fourth-order valence-corrected chi connectivity index (χ4v) is 3.56. The van der Waals surface area contributed by atoms with E-state index in [4.69, 9.17) is 33.7 Å². The molecule has 19 heavy (non-hydrogen) atoms. The summed E-state index contributed by atoms with van der Waals surface area (Å²) in [5, 5.41) is 0.245. The van der Waals surface area contributed by atoms with Crippen molar-refractivity contribution in [1.29, 1.82) is 0 Å². The lowest BCUT2D eigenvalue weighted by Gasteiger charge is -2.11. The Bertz CT molecular complexity index is 548. The Morgan fingerprint density at radius 2 is 2.00 bits per heavy atom. The molecule has 1 atom stereocenters. The molecule has 0 spiro atoms. The maximum atomic E-state index is 12.1. The van der Waals surface area contributed by atoms with Crippen LogP contribution in [0.25, 0.3) is 0 Å². The van der Waals surface area contributed by atoms with E-state index < -0.39 is 10.0 Å². The van der Waals surface area contributed by atoms with Gasteiger partial charge in [0.1, 0.15) is 0 Å². The lowest BCUT2D eigenvalue weighted by atomic mass is 10.1. The maximum absolute atomic E-state index is 12.1. The van der Waals surface area contributed by atoms with Gasteiger partial charge in [-0.2, -0.15) is 0 Å². The topological polar surface area (TPSA) is 81.4 Å². The molecule has 0 bridgehead atoms. The highest BCUT2D eigenvalue weighted by atomic mass is 35.5. The molecular formula is C11H14Cl2N2O3S. The minimum Gasteiger partial charge on any atom is -0.396 e. The molecule has 0 aliphatic carbocycles. The van der Waals surface area contributed by atoms with E-state index in [0.29, 0.717) is 19.8 Å². The largest absolute Gasteiger partial charge is 0.396 e. The Morgan fingerprint density at radius 1 is 1.37 bits per heavy atom. The summed E-state index contributed by atoms with van der Waals surface area (Å²) in [4.78, 5) is 0.00983. The second-order valence-corrected chi connectivity index (χ2v) is 6.96. The summed E-state index contributed by atoms with van der Waals surface area (Å²) < 4.78 is 31.9. The predicted octanol–water partition coefficient (Wildman–Crippen LogP) is 1.89. The second-order valence-electron chi connectivity index (χ2n) is 4.38. The van der Waals surface area contributed by atoms with E-state index in [1.54, 1.807) is 0 Å². The molecule has 1 aliphatic heterocycles. The van der Waals surface area contributed by atoms with Gasteiger partial charge < -0.3 is 10.5 Å². The molecule has 1 aliphatic rings. The third kappa shape index (κ3) is 3.52. The first-order chi connectivity index (χ1) is 8.90. The van der Waals surface area contributed by atoms with Crippen LogP contribution in [0.4, 0.5) is 5.69 Å². The molecule has 5 nitrogen and oxygen atoms in total. The van der Waals surface area contributed by atoms with E-state index in [1.807, 2.05) is 0 Å². The van der Waals surface area contributed by atoms with Gasteiger partial charge in [-0.25, -0.2) is 13.1 Å². The van der Waals surface area contributed by atoms with Crippen molar-refractivity contribution in [3.63, 3.8) is 0 Å². The number of hydrogen-bond donors (Lipinski definition) is 2. The zero-order valence-corrected chi connectivity index (χ0v) is 12.4. The number of nitrogens with two attached hydrogens (primary N) is 1. The van der Waals surface area contributed by atoms with Crippen LogP contribution in [-0.2, 0) is 14.8 Å². The molecule has 1 unspecified atom stereocenters. The summed E-state index contributed by atoms with van der Waals surface area (Å²) in [5.74, 6) is 0.203. The molecule has 0 aromatic heterocycles. The molecule has 8 heteroatoms. The van der Waals surface area contributed by atoms with Crippen LogP contribution < -0.4 is 10.5 Å². The lowest BCUT2D eigenvalue weighted by molar-refractivity contribution is 0.186. The van der Waals surface area contributed by atoms with Crippen molar-refractivity contribution < 1.29 is 13.2 Å². The molecule has 1 heterocycles. The fraction of sp³-hybridized carbons (Fsp3) is 0.455. The lowest BCUT2D eigenvalue weighted by Crippen LogP contribution is -2.29. The fourth-order valence-electron chi connectivity index (χ4n) is 1.77. The summed E-state index contributed by atoms with van der Waals surface area (Å²) in [6, 6.07) is 2.58. The number of nitrogen functional groups attached to an aromatic ring is 1. The quantitative estimate of drug-likeness (QED) is 0.829. The van der Waals surface area contributed by atoms with Gasteiger partial charge >= 0.3 is 0 Å². The molecule has 1 fully saturated rings. The summed E-state index contributed by atoms with van der Waals surface area (Å²) in [5.41, 5.74) is 5.74. The van der Waals surface area contributed by atoms with Crippen LogP contribution in [0.1, 0.15) is 6.42 Å². The number of nitrogens with one attached hydrogen (secondary N) is 1. The summed E-state index contributed by atoms with van der Waals surface area (Å²) in [7, 11) is -3.64. The van der Waals surface area contributed by atoms with E-state index in [1.165, 1.54) is 12.1 Å². The Hall–Kier alpha value is -0.530. The third-order valence-corrected chi connectivity index (χ3v) is 4.98. The van der Waals surface area contributed by atoms with Crippen molar-refractivity contribution in [3.05, 3.63) is 22.2 Å². The molecule has 1 saturated heterocycles. The molecule has 0 saturated carbocycles. The van der Waals surface area contributed by atoms with Gasteiger partial charge in [0.05, 0.1) is 27.2 Å². The van der Waals surface area contributed by atoms with Crippen molar-refractivity contribution in [1.82, 2.24) is 4.72 Å². The van der Waals surface area contributed by atoms with Crippen molar-refractivity contribution in [2.75, 3.05) is 25.5 Å².